The fourth-order valence-corrected chi connectivity index (χ4v) is 4.93. The van der Waals surface area contributed by atoms with Crippen molar-refractivity contribution in [2.24, 2.45) is 11.8 Å². The molecule has 0 spiro atoms. The smallest absolute Gasteiger partial charge is 0.335 e. The van der Waals surface area contributed by atoms with Crippen LogP contribution in [0.3, 0.4) is 0 Å². The van der Waals surface area contributed by atoms with Gasteiger partial charge in [0.1, 0.15) is 5.78 Å². The summed E-state index contributed by atoms with van der Waals surface area (Å²) in [5.74, 6) is 0.0478. The Bertz CT molecular complexity index is 1080. The number of Topliss-reactive ketones (excluding diaryl/α,β-unsaturated/α-hetero) is 1. The molecule has 3 nitrogen and oxygen atoms in total. The molecule has 0 radical (unpaired) electrons. The lowest BCUT2D eigenvalue weighted by Gasteiger charge is -2.19. The number of carboxylic acid groups (broad SMARTS) is 1. The van der Waals surface area contributed by atoms with Crippen LogP contribution in [0.2, 0.25) is 0 Å². The number of ketones is 1. The van der Waals surface area contributed by atoms with E-state index in [1.165, 1.54) is 16.3 Å². The summed E-state index contributed by atoms with van der Waals surface area (Å²) in [4.78, 5) is 24.0. The van der Waals surface area contributed by atoms with Gasteiger partial charge in [0.15, 0.2) is 0 Å². The van der Waals surface area contributed by atoms with E-state index in [0.717, 1.165) is 43.2 Å². The number of benzene rings is 3. The number of carbonyl (C=O) groups excluding carboxylic acids is 1. The van der Waals surface area contributed by atoms with E-state index >= 15 is 0 Å². The first-order valence-corrected chi connectivity index (χ1v) is 10.8. The number of hydrogen-bond donors (Lipinski definition) is 1. The molecule has 3 aromatic rings. The highest BCUT2D eigenvalue weighted by atomic mass is 16.4. The van der Waals surface area contributed by atoms with Gasteiger partial charge in [0.2, 0.25) is 0 Å². The van der Waals surface area contributed by atoms with Gasteiger partial charge in [-0.1, -0.05) is 54.6 Å². The molecule has 154 valence electrons. The fourth-order valence-electron chi connectivity index (χ4n) is 4.93. The van der Waals surface area contributed by atoms with Gasteiger partial charge < -0.3 is 5.11 Å². The summed E-state index contributed by atoms with van der Waals surface area (Å²) in [6.07, 6.45) is 5.32. The van der Waals surface area contributed by atoms with Crippen molar-refractivity contribution in [3.8, 4) is 0 Å². The van der Waals surface area contributed by atoms with Crippen LogP contribution >= 0.6 is 0 Å². The monoisotopic (exact) mass is 400 g/mol. The van der Waals surface area contributed by atoms with Crippen molar-refractivity contribution in [2.75, 3.05) is 0 Å². The third kappa shape index (κ3) is 4.30. The van der Waals surface area contributed by atoms with E-state index in [2.05, 4.69) is 42.5 Å². The van der Waals surface area contributed by atoms with Crippen molar-refractivity contribution in [1.29, 1.82) is 0 Å². The number of aryl methyl sites for hydroxylation is 2. The molecule has 3 heteroatoms. The van der Waals surface area contributed by atoms with Crippen molar-refractivity contribution < 1.29 is 14.7 Å². The van der Waals surface area contributed by atoms with E-state index in [-0.39, 0.29) is 5.92 Å². The number of carboxylic acids is 1. The van der Waals surface area contributed by atoms with Gasteiger partial charge >= 0.3 is 5.97 Å². The Morgan fingerprint density at radius 1 is 1.07 bits per heavy atom. The maximum absolute atomic E-state index is 12.7. The third-order valence-electron chi connectivity index (χ3n) is 6.64. The van der Waals surface area contributed by atoms with Crippen LogP contribution in [0.15, 0.2) is 60.7 Å². The van der Waals surface area contributed by atoms with Crippen molar-refractivity contribution in [3.63, 3.8) is 0 Å². The van der Waals surface area contributed by atoms with Gasteiger partial charge in [-0.05, 0) is 78.5 Å². The van der Waals surface area contributed by atoms with E-state index in [1.54, 1.807) is 6.07 Å². The van der Waals surface area contributed by atoms with Crippen LogP contribution in [0.1, 0.15) is 52.7 Å². The first-order valence-electron chi connectivity index (χ1n) is 10.8. The molecule has 0 unspecified atom stereocenters. The normalized spacial score (nSPS) is 18.8. The third-order valence-corrected chi connectivity index (χ3v) is 6.64. The lowest BCUT2D eigenvalue weighted by Crippen LogP contribution is -2.18. The summed E-state index contributed by atoms with van der Waals surface area (Å²) in [5.41, 5.74) is 3.51. The SMILES string of the molecule is Cc1ccc(CCC[C@H]2CCC(=O)[C@@H]2Cc2cccc3ccccc23)cc1C(=O)O. The van der Waals surface area contributed by atoms with Gasteiger partial charge in [-0.3, -0.25) is 4.79 Å². The van der Waals surface area contributed by atoms with Crippen LogP contribution in [-0.2, 0) is 17.6 Å². The maximum atomic E-state index is 12.7. The Morgan fingerprint density at radius 3 is 2.70 bits per heavy atom. The Kier molecular flexibility index (Phi) is 5.98. The molecule has 1 aliphatic carbocycles. The quantitative estimate of drug-likeness (QED) is 0.529. The van der Waals surface area contributed by atoms with Crippen LogP contribution in [-0.4, -0.2) is 16.9 Å². The van der Waals surface area contributed by atoms with E-state index in [0.29, 0.717) is 23.7 Å². The predicted molar refractivity (Wildman–Crippen MR) is 120 cm³/mol. The minimum atomic E-state index is -0.870. The summed E-state index contributed by atoms with van der Waals surface area (Å²) in [6, 6.07) is 20.5. The molecule has 2 atom stereocenters. The topological polar surface area (TPSA) is 54.4 Å². The van der Waals surface area contributed by atoms with E-state index < -0.39 is 5.97 Å². The van der Waals surface area contributed by atoms with Crippen molar-refractivity contribution in [2.45, 2.75) is 45.4 Å². The Morgan fingerprint density at radius 2 is 1.87 bits per heavy atom. The molecule has 1 fully saturated rings. The molecule has 0 aliphatic heterocycles. The average molecular weight is 401 g/mol. The summed E-state index contributed by atoms with van der Waals surface area (Å²) in [5, 5.41) is 11.8. The maximum Gasteiger partial charge on any atom is 0.335 e. The number of hydrogen-bond acceptors (Lipinski definition) is 2. The molecule has 0 aromatic heterocycles. The molecular weight excluding hydrogens is 372 g/mol. The first kappa shape index (κ1) is 20.3. The second kappa shape index (κ2) is 8.83. The molecule has 1 N–H and O–H groups in total. The molecule has 1 aliphatic rings. The fraction of sp³-hybridized carbons (Fsp3) is 0.333. The standard InChI is InChI=1S/C27H28O3/c1-18-12-13-19(16-24(18)27(29)30)6-4-8-21-14-15-26(28)25(21)17-22-10-5-9-20-7-2-3-11-23(20)22/h2-3,5,7,9-13,16,21,25H,4,6,8,14-15,17H2,1H3,(H,29,30)/t21-,25+/m0/s1. The number of fused-ring (bicyclic) bond motifs is 1. The van der Waals surface area contributed by atoms with Gasteiger partial charge in [-0.15, -0.1) is 0 Å². The van der Waals surface area contributed by atoms with Gasteiger partial charge in [0.05, 0.1) is 5.56 Å². The van der Waals surface area contributed by atoms with Gasteiger partial charge in [-0.25, -0.2) is 4.79 Å². The van der Waals surface area contributed by atoms with E-state index in [1.807, 2.05) is 19.1 Å². The van der Waals surface area contributed by atoms with E-state index in [9.17, 15) is 14.7 Å². The second-order valence-corrected chi connectivity index (χ2v) is 8.56. The molecule has 0 amide bonds. The molecule has 0 saturated heterocycles. The van der Waals surface area contributed by atoms with Crippen LogP contribution in [0, 0.1) is 18.8 Å². The Labute approximate surface area is 177 Å². The van der Waals surface area contributed by atoms with Gasteiger partial charge in [0.25, 0.3) is 0 Å². The highest BCUT2D eigenvalue weighted by Gasteiger charge is 2.34. The zero-order chi connectivity index (χ0) is 21.1. The number of aromatic carboxylic acids is 1. The minimum Gasteiger partial charge on any atom is -0.478 e. The first-order chi connectivity index (χ1) is 14.5. The summed E-state index contributed by atoms with van der Waals surface area (Å²) in [6.45, 7) is 1.83. The van der Waals surface area contributed by atoms with Crippen LogP contribution in [0.25, 0.3) is 10.8 Å². The molecule has 30 heavy (non-hydrogen) atoms. The van der Waals surface area contributed by atoms with E-state index in [4.69, 9.17) is 0 Å². The lowest BCUT2D eigenvalue weighted by atomic mass is 9.84. The van der Waals surface area contributed by atoms with Crippen molar-refractivity contribution in [3.05, 3.63) is 82.9 Å². The zero-order valence-corrected chi connectivity index (χ0v) is 17.4. The van der Waals surface area contributed by atoms with Gasteiger partial charge in [-0.2, -0.15) is 0 Å². The average Bonchev–Trinajstić information content (AvgIpc) is 3.09. The minimum absolute atomic E-state index is 0.100. The van der Waals surface area contributed by atoms with Crippen LogP contribution in [0.4, 0.5) is 0 Å². The molecule has 3 aromatic carbocycles. The van der Waals surface area contributed by atoms with Crippen LogP contribution in [0.5, 0.6) is 0 Å². The van der Waals surface area contributed by atoms with Gasteiger partial charge in [0, 0.05) is 12.3 Å². The molecule has 4 rings (SSSR count). The molecule has 0 heterocycles. The predicted octanol–water partition coefficient (Wildman–Crippen LogP) is 6.01. The zero-order valence-electron chi connectivity index (χ0n) is 17.4. The highest BCUT2D eigenvalue weighted by Crippen LogP contribution is 2.36. The summed E-state index contributed by atoms with van der Waals surface area (Å²) < 4.78 is 0. The largest absolute Gasteiger partial charge is 0.478 e. The second-order valence-electron chi connectivity index (χ2n) is 8.56. The van der Waals surface area contributed by atoms with Crippen molar-refractivity contribution in [1.82, 2.24) is 0 Å². The molecular formula is C27H28O3. The Balaban J connectivity index is 1.42. The number of rotatable bonds is 7. The summed E-state index contributed by atoms with van der Waals surface area (Å²) >= 11 is 0. The molecule has 1 saturated carbocycles. The molecule has 0 bridgehead atoms. The number of carbonyl (C=O) groups is 2. The summed E-state index contributed by atoms with van der Waals surface area (Å²) in [7, 11) is 0. The lowest BCUT2D eigenvalue weighted by molar-refractivity contribution is -0.121. The Hall–Kier alpha value is -2.94. The van der Waals surface area contributed by atoms with Crippen molar-refractivity contribution >= 4 is 22.5 Å². The van der Waals surface area contributed by atoms with Crippen LogP contribution < -0.4 is 0 Å². The highest BCUT2D eigenvalue weighted by molar-refractivity contribution is 5.89.